The van der Waals surface area contributed by atoms with Crippen LogP contribution in [0.1, 0.15) is 20.7 Å². The zero-order valence-electron chi connectivity index (χ0n) is 16.7. The first kappa shape index (κ1) is 20.4. The van der Waals surface area contributed by atoms with Crippen molar-refractivity contribution in [3.05, 3.63) is 89.2 Å². The van der Waals surface area contributed by atoms with Crippen molar-refractivity contribution in [2.24, 2.45) is 0 Å². The second-order valence-corrected chi connectivity index (χ2v) is 8.51. The van der Waals surface area contributed by atoms with Crippen LogP contribution in [0.2, 0.25) is 5.02 Å². The number of nitrogens with zero attached hydrogens (tertiary/aromatic N) is 5. The molecule has 7 nitrogen and oxygen atoms in total. The van der Waals surface area contributed by atoms with Gasteiger partial charge in [0.1, 0.15) is 0 Å². The van der Waals surface area contributed by atoms with Gasteiger partial charge in [0.15, 0.2) is 11.0 Å². The van der Waals surface area contributed by atoms with Gasteiger partial charge in [0.25, 0.3) is 11.8 Å². The van der Waals surface area contributed by atoms with Gasteiger partial charge in [-0.05, 0) is 48.5 Å². The van der Waals surface area contributed by atoms with Gasteiger partial charge in [0.2, 0.25) is 0 Å². The predicted octanol–water partition coefficient (Wildman–Crippen LogP) is 4.37. The number of aromatic nitrogens is 4. The van der Waals surface area contributed by atoms with Gasteiger partial charge in [-0.15, -0.1) is 10.2 Å². The lowest BCUT2D eigenvalue weighted by Gasteiger charge is -2.14. The molecule has 4 aromatic rings. The number of fused-ring (bicyclic) bond motifs is 1. The highest BCUT2D eigenvalue weighted by Crippen LogP contribution is 2.29. The summed E-state index contributed by atoms with van der Waals surface area (Å²) in [5.41, 5.74) is 2.63. The first-order valence-electron chi connectivity index (χ1n) is 9.83. The average molecular weight is 462 g/mol. The number of thioether (sulfide) groups is 1. The highest BCUT2D eigenvalue weighted by atomic mass is 35.5. The van der Waals surface area contributed by atoms with E-state index >= 15 is 0 Å². The highest BCUT2D eigenvalue weighted by Gasteiger charge is 2.34. The van der Waals surface area contributed by atoms with Gasteiger partial charge in [-0.3, -0.25) is 24.0 Å². The molecule has 0 fully saturated rings. The molecule has 0 bridgehead atoms. The van der Waals surface area contributed by atoms with E-state index in [0.29, 0.717) is 32.9 Å². The number of halogens is 1. The quantitative estimate of drug-likeness (QED) is 0.313. The van der Waals surface area contributed by atoms with E-state index in [-0.39, 0.29) is 18.4 Å². The van der Waals surface area contributed by atoms with Crippen LogP contribution in [0.25, 0.3) is 17.1 Å². The summed E-state index contributed by atoms with van der Waals surface area (Å²) >= 11 is 7.49. The average Bonchev–Trinajstić information content (AvgIpc) is 3.35. The maximum absolute atomic E-state index is 12.6. The molecule has 2 aromatic heterocycles. The summed E-state index contributed by atoms with van der Waals surface area (Å²) in [6.07, 6.45) is 3.40. The van der Waals surface area contributed by atoms with Crippen molar-refractivity contribution in [1.82, 2.24) is 24.6 Å². The molecule has 0 atom stereocenters. The van der Waals surface area contributed by atoms with Crippen molar-refractivity contribution < 1.29 is 9.59 Å². The Bertz CT molecular complexity index is 1270. The maximum Gasteiger partial charge on any atom is 0.261 e. The largest absolute Gasteiger partial charge is 0.273 e. The Morgan fingerprint density at radius 3 is 2.16 bits per heavy atom. The van der Waals surface area contributed by atoms with E-state index in [0.717, 1.165) is 11.3 Å². The lowest BCUT2D eigenvalue weighted by atomic mass is 10.1. The van der Waals surface area contributed by atoms with Crippen molar-refractivity contribution >= 4 is 35.2 Å². The molecular formula is C23H16ClN5O2S. The van der Waals surface area contributed by atoms with Crippen molar-refractivity contribution in [1.29, 1.82) is 0 Å². The number of carbonyl (C=O) groups excluding carboxylic acids is 2. The fourth-order valence-electron chi connectivity index (χ4n) is 3.54. The summed E-state index contributed by atoms with van der Waals surface area (Å²) in [7, 11) is 0. The van der Waals surface area contributed by atoms with Crippen LogP contribution >= 0.6 is 23.4 Å². The first-order valence-corrected chi connectivity index (χ1v) is 11.2. The molecule has 1 aliphatic heterocycles. The van der Waals surface area contributed by atoms with Gasteiger partial charge in [0.05, 0.1) is 11.1 Å². The molecule has 0 saturated carbocycles. The van der Waals surface area contributed by atoms with Crippen molar-refractivity contribution in [2.45, 2.75) is 5.16 Å². The number of benzene rings is 2. The number of carbonyl (C=O) groups is 2. The molecule has 0 N–H and O–H groups in total. The Hall–Kier alpha value is -3.49. The monoisotopic (exact) mass is 461 g/mol. The number of hydrogen-bond donors (Lipinski definition) is 0. The van der Waals surface area contributed by atoms with Crippen LogP contribution in [0.15, 0.2) is 78.2 Å². The Morgan fingerprint density at radius 2 is 1.50 bits per heavy atom. The van der Waals surface area contributed by atoms with E-state index in [9.17, 15) is 9.59 Å². The summed E-state index contributed by atoms with van der Waals surface area (Å²) in [4.78, 5) is 30.6. The van der Waals surface area contributed by atoms with Crippen molar-refractivity contribution in [2.75, 3.05) is 12.3 Å². The van der Waals surface area contributed by atoms with E-state index in [1.807, 2.05) is 28.8 Å². The fraction of sp³-hybridized carbons (Fsp3) is 0.0870. The third-order valence-electron chi connectivity index (χ3n) is 5.08. The van der Waals surface area contributed by atoms with Crippen molar-refractivity contribution in [3.8, 4) is 17.1 Å². The predicted molar refractivity (Wildman–Crippen MR) is 122 cm³/mol. The number of rotatable bonds is 6. The van der Waals surface area contributed by atoms with Crippen LogP contribution in [-0.4, -0.2) is 48.8 Å². The van der Waals surface area contributed by atoms with E-state index in [1.165, 1.54) is 16.7 Å². The van der Waals surface area contributed by atoms with Gasteiger partial charge in [-0.25, -0.2) is 0 Å². The molecule has 9 heteroatoms. The van der Waals surface area contributed by atoms with Gasteiger partial charge in [0, 0.05) is 41.0 Å². The SMILES string of the molecule is O=C1c2ccccc2C(=O)N1CCSc1nnc(-c2ccncc2)n1-c1ccc(Cl)cc1. The molecule has 0 spiro atoms. The second kappa shape index (κ2) is 8.57. The summed E-state index contributed by atoms with van der Waals surface area (Å²) < 4.78 is 1.93. The van der Waals surface area contributed by atoms with Crippen LogP contribution in [0, 0.1) is 0 Å². The molecule has 2 aromatic carbocycles. The Kier molecular flexibility index (Phi) is 5.46. The summed E-state index contributed by atoms with van der Waals surface area (Å²) in [5.74, 6) is 0.622. The third-order valence-corrected chi connectivity index (χ3v) is 6.24. The molecule has 0 radical (unpaired) electrons. The van der Waals surface area contributed by atoms with Gasteiger partial charge >= 0.3 is 0 Å². The van der Waals surface area contributed by atoms with E-state index in [2.05, 4.69) is 15.2 Å². The Balaban J connectivity index is 1.40. The Morgan fingerprint density at radius 1 is 0.844 bits per heavy atom. The van der Waals surface area contributed by atoms with Crippen LogP contribution in [0.4, 0.5) is 0 Å². The topological polar surface area (TPSA) is 81.0 Å². The number of hydrogen-bond acceptors (Lipinski definition) is 6. The van der Waals surface area contributed by atoms with Gasteiger partial charge in [-0.1, -0.05) is 35.5 Å². The third kappa shape index (κ3) is 3.68. The van der Waals surface area contributed by atoms with Crippen LogP contribution in [0.5, 0.6) is 0 Å². The lowest BCUT2D eigenvalue weighted by Crippen LogP contribution is -2.31. The fourth-order valence-corrected chi connectivity index (χ4v) is 4.55. The van der Waals surface area contributed by atoms with Gasteiger partial charge in [-0.2, -0.15) is 0 Å². The molecule has 32 heavy (non-hydrogen) atoms. The van der Waals surface area contributed by atoms with Crippen LogP contribution in [0.3, 0.4) is 0 Å². The molecule has 0 saturated heterocycles. The minimum absolute atomic E-state index is 0.261. The van der Waals surface area contributed by atoms with Crippen LogP contribution in [-0.2, 0) is 0 Å². The maximum atomic E-state index is 12.6. The van der Waals surface area contributed by atoms with Crippen molar-refractivity contribution in [3.63, 3.8) is 0 Å². The van der Waals surface area contributed by atoms with Gasteiger partial charge < -0.3 is 0 Å². The molecular weight excluding hydrogens is 446 g/mol. The highest BCUT2D eigenvalue weighted by molar-refractivity contribution is 7.99. The minimum Gasteiger partial charge on any atom is -0.273 e. The summed E-state index contributed by atoms with van der Waals surface area (Å²) in [5, 5.41) is 10.0. The first-order chi connectivity index (χ1) is 15.6. The second-order valence-electron chi connectivity index (χ2n) is 7.01. The molecule has 0 aliphatic carbocycles. The Labute approximate surface area is 193 Å². The molecule has 5 rings (SSSR count). The number of amides is 2. The molecule has 2 amide bonds. The van der Waals surface area contributed by atoms with Crippen LogP contribution < -0.4 is 0 Å². The standard InChI is InChI=1S/C23H16ClN5O2S/c24-16-5-7-17(8-6-16)29-20(15-9-11-25-12-10-15)26-27-23(29)32-14-13-28-21(30)18-3-1-2-4-19(18)22(28)31/h1-12H,13-14H2. The lowest BCUT2D eigenvalue weighted by molar-refractivity contribution is 0.0664. The zero-order valence-corrected chi connectivity index (χ0v) is 18.3. The summed E-state index contributed by atoms with van der Waals surface area (Å²) in [6.45, 7) is 0.273. The molecule has 158 valence electrons. The smallest absolute Gasteiger partial charge is 0.261 e. The normalized spacial score (nSPS) is 13.0. The van der Waals surface area contributed by atoms with E-state index in [1.54, 1.807) is 48.8 Å². The van der Waals surface area contributed by atoms with E-state index < -0.39 is 0 Å². The number of pyridine rings is 1. The molecule has 1 aliphatic rings. The molecule has 0 unspecified atom stereocenters. The van der Waals surface area contributed by atoms with E-state index in [4.69, 9.17) is 11.6 Å². The molecule has 3 heterocycles. The number of imide groups is 1. The summed E-state index contributed by atoms with van der Waals surface area (Å²) in [6, 6.07) is 18.0. The minimum atomic E-state index is -0.261. The zero-order chi connectivity index (χ0) is 22.1.